The molecule has 27 heavy (non-hydrogen) atoms. The number of hydrogen-bond donors (Lipinski definition) is 2. The normalized spacial score (nSPS) is 17.3. The lowest BCUT2D eigenvalue weighted by Crippen LogP contribution is -2.53. The first-order chi connectivity index (χ1) is 13.2. The molecule has 0 bridgehead atoms. The number of thiazole rings is 1. The molecule has 6 nitrogen and oxygen atoms in total. The van der Waals surface area contributed by atoms with E-state index < -0.39 is 0 Å². The minimum atomic E-state index is 0.521. The summed E-state index contributed by atoms with van der Waals surface area (Å²) in [4.78, 5) is 11.6. The molecule has 1 aromatic rings. The van der Waals surface area contributed by atoms with Gasteiger partial charge in [-0.05, 0) is 12.3 Å². The van der Waals surface area contributed by atoms with Crippen LogP contribution in [0.25, 0.3) is 0 Å². The third-order valence-corrected chi connectivity index (χ3v) is 6.43. The lowest BCUT2D eigenvalue weighted by molar-refractivity contribution is 0.00272. The molecule has 1 fully saturated rings. The van der Waals surface area contributed by atoms with Crippen molar-refractivity contribution in [3.63, 3.8) is 0 Å². The predicted octanol–water partition coefficient (Wildman–Crippen LogP) is 2.55. The molecule has 1 unspecified atom stereocenters. The summed E-state index contributed by atoms with van der Waals surface area (Å²) in [6, 6.07) is 0.521. The Morgan fingerprint density at radius 2 is 2.00 bits per heavy atom. The Hall–Kier alpha value is -1.18. The molecule has 1 aromatic heterocycles. The van der Waals surface area contributed by atoms with Crippen molar-refractivity contribution in [2.45, 2.75) is 52.5 Å². The second-order valence-corrected chi connectivity index (χ2v) is 7.95. The molecule has 2 N–H and O–H groups in total. The molecule has 1 atom stereocenters. The van der Waals surface area contributed by atoms with Crippen LogP contribution in [0.15, 0.2) is 10.4 Å². The van der Waals surface area contributed by atoms with Gasteiger partial charge in [-0.1, -0.05) is 33.6 Å². The van der Waals surface area contributed by atoms with Gasteiger partial charge in [0, 0.05) is 51.1 Å². The minimum absolute atomic E-state index is 0.521. The van der Waals surface area contributed by atoms with Crippen molar-refractivity contribution in [2.24, 2.45) is 10.9 Å². The number of rotatable bonds is 10. The van der Waals surface area contributed by atoms with Gasteiger partial charge in [-0.3, -0.25) is 9.89 Å². The van der Waals surface area contributed by atoms with Crippen LogP contribution in [0.3, 0.4) is 0 Å². The van der Waals surface area contributed by atoms with Gasteiger partial charge in [0.25, 0.3) is 0 Å². The highest BCUT2D eigenvalue weighted by atomic mass is 32.1. The van der Waals surface area contributed by atoms with E-state index >= 15 is 0 Å². The maximum Gasteiger partial charge on any atom is 0.191 e. The first kappa shape index (κ1) is 22.1. The van der Waals surface area contributed by atoms with Crippen LogP contribution in [0.4, 0.5) is 0 Å². The molecule has 0 aliphatic carbocycles. The maximum atomic E-state index is 5.55. The van der Waals surface area contributed by atoms with Crippen molar-refractivity contribution < 1.29 is 4.74 Å². The van der Waals surface area contributed by atoms with E-state index in [0.29, 0.717) is 12.0 Å². The zero-order valence-electron chi connectivity index (χ0n) is 17.5. The lowest BCUT2D eigenvalue weighted by Gasteiger charge is -2.39. The van der Waals surface area contributed by atoms with Crippen LogP contribution in [0.1, 0.15) is 44.3 Å². The Kier molecular flexibility index (Phi) is 10.1. The summed E-state index contributed by atoms with van der Waals surface area (Å²) >= 11 is 1.75. The van der Waals surface area contributed by atoms with Crippen LogP contribution >= 0.6 is 11.3 Å². The van der Waals surface area contributed by atoms with Crippen LogP contribution < -0.4 is 10.6 Å². The molecule has 1 saturated heterocycles. The molecule has 0 saturated carbocycles. The Balaban J connectivity index is 1.83. The topological polar surface area (TPSA) is 61.8 Å². The largest absolute Gasteiger partial charge is 0.379 e. The van der Waals surface area contributed by atoms with Crippen LogP contribution in [-0.2, 0) is 17.6 Å². The number of aromatic nitrogens is 1. The average molecular weight is 396 g/mol. The van der Waals surface area contributed by atoms with E-state index in [-0.39, 0.29) is 0 Å². The Morgan fingerprint density at radius 3 is 2.59 bits per heavy atom. The van der Waals surface area contributed by atoms with Crippen molar-refractivity contribution in [2.75, 3.05) is 46.4 Å². The van der Waals surface area contributed by atoms with E-state index in [2.05, 4.69) is 51.7 Å². The first-order valence-electron chi connectivity index (χ1n) is 10.4. The summed E-state index contributed by atoms with van der Waals surface area (Å²) in [5, 5.41) is 10.4. The number of ether oxygens (including phenoxy) is 1. The monoisotopic (exact) mass is 395 g/mol. The fourth-order valence-corrected chi connectivity index (χ4v) is 4.47. The molecule has 1 aliphatic heterocycles. The predicted molar refractivity (Wildman–Crippen MR) is 115 cm³/mol. The molecule has 0 aromatic carbocycles. The highest BCUT2D eigenvalue weighted by Gasteiger charge is 2.26. The van der Waals surface area contributed by atoms with Crippen LogP contribution in [0, 0.1) is 5.92 Å². The van der Waals surface area contributed by atoms with Gasteiger partial charge in [0.15, 0.2) is 5.96 Å². The molecule has 0 spiro atoms. The van der Waals surface area contributed by atoms with Crippen molar-refractivity contribution in [3.05, 3.63) is 16.1 Å². The second kappa shape index (κ2) is 12.3. The zero-order valence-corrected chi connectivity index (χ0v) is 18.3. The Morgan fingerprint density at radius 1 is 1.26 bits per heavy atom. The zero-order chi connectivity index (χ0) is 19.5. The SMILES string of the molecule is CCc1nc(CCNC(=NC)NCC(C(CC)CC)N2CCOCC2)cs1. The van der Waals surface area contributed by atoms with E-state index in [0.717, 1.165) is 58.2 Å². The van der Waals surface area contributed by atoms with Gasteiger partial charge in [-0.15, -0.1) is 11.3 Å². The van der Waals surface area contributed by atoms with Crippen LogP contribution in [0.2, 0.25) is 0 Å². The van der Waals surface area contributed by atoms with Gasteiger partial charge < -0.3 is 15.4 Å². The minimum Gasteiger partial charge on any atom is -0.379 e. The molecule has 0 amide bonds. The molecule has 2 rings (SSSR count). The van der Waals surface area contributed by atoms with Gasteiger partial charge in [0.2, 0.25) is 0 Å². The summed E-state index contributed by atoms with van der Waals surface area (Å²) in [5.41, 5.74) is 1.17. The smallest absolute Gasteiger partial charge is 0.191 e. The third kappa shape index (κ3) is 7.05. The fourth-order valence-electron chi connectivity index (χ4n) is 3.69. The lowest BCUT2D eigenvalue weighted by atomic mass is 9.92. The van der Waals surface area contributed by atoms with E-state index in [4.69, 9.17) is 4.74 Å². The Labute approximate surface area is 168 Å². The van der Waals surface area contributed by atoms with Gasteiger partial charge in [-0.2, -0.15) is 0 Å². The number of nitrogens with one attached hydrogen (secondary N) is 2. The third-order valence-electron chi connectivity index (χ3n) is 5.39. The molecular formula is C20H37N5OS. The maximum absolute atomic E-state index is 5.55. The fraction of sp³-hybridized carbons (Fsp3) is 0.800. The molecular weight excluding hydrogens is 358 g/mol. The first-order valence-corrected chi connectivity index (χ1v) is 11.3. The Bertz CT molecular complexity index is 552. The molecule has 1 aliphatic rings. The second-order valence-electron chi connectivity index (χ2n) is 7.01. The van der Waals surface area contributed by atoms with E-state index in [1.165, 1.54) is 23.5 Å². The van der Waals surface area contributed by atoms with Crippen molar-refractivity contribution in [1.29, 1.82) is 0 Å². The summed E-state index contributed by atoms with van der Waals surface area (Å²) in [6.07, 6.45) is 4.35. The molecule has 0 radical (unpaired) electrons. The number of aryl methyl sites for hydroxylation is 1. The summed E-state index contributed by atoms with van der Waals surface area (Å²) < 4.78 is 5.55. The van der Waals surface area contributed by atoms with E-state index in [1.807, 2.05) is 7.05 Å². The van der Waals surface area contributed by atoms with Gasteiger partial charge >= 0.3 is 0 Å². The highest BCUT2D eigenvalue weighted by molar-refractivity contribution is 7.09. The highest BCUT2D eigenvalue weighted by Crippen LogP contribution is 2.19. The van der Waals surface area contributed by atoms with Crippen LogP contribution in [0.5, 0.6) is 0 Å². The van der Waals surface area contributed by atoms with Gasteiger partial charge in [-0.25, -0.2) is 4.98 Å². The number of guanidine groups is 1. The van der Waals surface area contributed by atoms with Gasteiger partial charge in [0.05, 0.1) is 23.9 Å². The molecule has 2 heterocycles. The summed E-state index contributed by atoms with van der Waals surface area (Å²) in [7, 11) is 1.84. The van der Waals surface area contributed by atoms with E-state index in [9.17, 15) is 0 Å². The molecule has 7 heteroatoms. The van der Waals surface area contributed by atoms with Crippen molar-refractivity contribution >= 4 is 17.3 Å². The number of nitrogens with zero attached hydrogens (tertiary/aromatic N) is 3. The van der Waals surface area contributed by atoms with Crippen molar-refractivity contribution in [3.8, 4) is 0 Å². The van der Waals surface area contributed by atoms with Crippen LogP contribution in [-0.4, -0.2) is 68.3 Å². The van der Waals surface area contributed by atoms with Crippen molar-refractivity contribution in [1.82, 2.24) is 20.5 Å². The number of hydrogen-bond acceptors (Lipinski definition) is 5. The van der Waals surface area contributed by atoms with E-state index in [1.54, 1.807) is 11.3 Å². The molecule has 154 valence electrons. The summed E-state index contributed by atoms with van der Waals surface area (Å²) in [6.45, 7) is 12.3. The standard InChI is InChI=1S/C20H37N5OS/c1-5-16(6-2)18(25-10-12-26-13-11-25)14-23-20(21-4)22-9-8-17-15-27-19(7-3)24-17/h15-16,18H,5-14H2,1-4H3,(H2,21,22,23). The quantitative estimate of drug-likeness (QED) is 0.471. The van der Waals surface area contributed by atoms with Gasteiger partial charge in [0.1, 0.15) is 0 Å². The average Bonchev–Trinajstić information content (AvgIpc) is 3.18. The number of morpholine rings is 1. The number of aliphatic imine (C=N–C) groups is 1. The summed E-state index contributed by atoms with van der Waals surface area (Å²) in [5.74, 6) is 1.57.